The van der Waals surface area contributed by atoms with Crippen molar-refractivity contribution in [1.82, 2.24) is 4.90 Å². The summed E-state index contributed by atoms with van der Waals surface area (Å²) in [5, 5.41) is 0. The van der Waals surface area contributed by atoms with Gasteiger partial charge >= 0.3 is 0 Å². The summed E-state index contributed by atoms with van der Waals surface area (Å²) < 4.78 is 5.63. The summed E-state index contributed by atoms with van der Waals surface area (Å²) >= 11 is 0. The van der Waals surface area contributed by atoms with Crippen LogP contribution < -0.4 is 0 Å². The topological polar surface area (TPSA) is 12.5 Å². The lowest BCUT2D eigenvalue weighted by molar-refractivity contribution is 0.109. The van der Waals surface area contributed by atoms with Gasteiger partial charge in [-0.15, -0.1) is 0 Å². The Kier molecular flexibility index (Phi) is 6.86. The Morgan fingerprint density at radius 1 is 1.06 bits per heavy atom. The Hall–Kier alpha value is -0.860. The van der Waals surface area contributed by atoms with Crippen molar-refractivity contribution in [2.45, 2.75) is 26.9 Å². The number of nitrogens with zero attached hydrogens (tertiary/aromatic N) is 1. The summed E-state index contributed by atoms with van der Waals surface area (Å²) in [5.41, 5.74) is 1.25. The maximum absolute atomic E-state index is 5.63. The molecule has 0 aliphatic rings. The lowest BCUT2D eigenvalue weighted by atomic mass is 10.2. The fourth-order valence-corrected chi connectivity index (χ4v) is 1.69. The van der Waals surface area contributed by atoms with Gasteiger partial charge in [0.1, 0.15) is 0 Å². The van der Waals surface area contributed by atoms with Crippen LogP contribution in [0.25, 0.3) is 0 Å². The van der Waals surface area contributed by atoms with Gasteiger partial charge in [0.15, 0.2) is 0 Å². The van der Waals surface area contributed by atoms with E-state index >= 15 is 0 Å². The number of benzene rings is 1. The predicted octanol–water partition coefficient (Wildman–Crippen LogP) is 2.94. The van der Waals surface area contributed by atoms with Gasteiger partial charge in [0.05, 0.1) is 6.61 Å². The van der Waals surface area contributed by atoms with E-state index in [0.29, 0.717) is 0 Å². The van der Waals surface area contributed by atoms with E-state index in [1.165, 1.54) is 5.56 Å². The van der Waals surface area contributed by atoms with E-state index in [-0.39, 0.29) is 0 Å². The van der Waals surface area contributed by atoms with Crippen LogP contribution in [-0.2, 0) is 11.3 Å². The fourth-order valence-electron chi connectivity index (χ4n) is 1.69. The Bertz CT molecular complexity index is 257. The van der Waals surface area contributed by atoms with Crippen molar-refractivity contribution >= 4 is 0 Å². The molecule has 1 aromatic rings. The van der Waals surface area contributed by atoms with Crippen molar-refractivity contribution in [3.05, 3.63) is 35.9 Å². The predicted molar refractivity (Wildman–Crippen MR) is 68.5 cm³/mol. The number of ether oxygens (including phenoxy) is 1. The van der Waals surface area contributed by atoms with E-state index < -0.39 is 0 Å². The SMILES string of the molecule is CCN(CC)CCCOCc1ccccc1. The minimum atomic E-state index is 0.735. The lowest BCUT2D eigenvalue weighted by Crippen LogP contribution is -2.24. The molecule has 0 unspecified atom stereocenters. The zero-order valence-corrected chi connectivity index (χ0v) is 10.5. The van der Waals surface area contributed by atoms with Crippen LogP contribution in [0.15, 0.2) is 30.3 Å². The van der Waals surface area contributed by atoms with Crippen LogP contribution in [0.4, 0.5) is 0 Å². The van der Waals surface area contributed by atoms with Gasteiger partial charge in [0, 0.05) is 13.2 Å². The van der Waals surface area contributed by atoms with Gasteiger partial charge in [-0.1, -0.05) is 44.2 Å². The summed E-state index contributed by atoms with van der Waals surface area (Å²) in [6.07, 6.45) is 1.12. The maximum Gasteiger partial charge on any atom is 0.0716 e. The van der Waals surface area contributed by atoms with Crippen LogP contribution in [0.1, 0.15) is 25.8 Å². The quantitative estimate of drug-likeness (QED) is 0.626. The van der Waals surface area contributed by atoms with Crippen molar-refractivity contribution in [3.8, 4) is 0 Å². The van der Waals surface area contributed by atoms with Crippen molar-refractivity contribution in [3.63, 3.8) is 0 Å². The molecule has 0 saturated carbocycles. The molecule has 0 aliphatic carbocycles. The van der Waals surface area contributed by atoms with Crippen molar-refractivity contribution in [1.29, 1.82) is 0 Å². The molecule has 0 bridgehead atoms. The summed E-state index contributed by atoms with van der Waals surface area (Å²) in [5.74, 6) is 0. The second-order valence-corrected chi connectivity index (χ2v) is 3.92. The highest BCUT2D eigenvalue weighted by atomic mass is 16.5. The third kappa shape index (κ3) is 5.29. The summed E-state index contributed by atoms with van der Waals surface area (Å²) in [4.78, 5) is 2.42. The van der Waals surface area contributed by atoms with Crippen LogP contribution in [0.2, 0.25) is 0 Å². The minimum absolute atomic E-state index is 0.735. The highest BCUT2D eigenvalue weighted by molar-refractivity contribution is 5.13. The van der Waals surface area contributed by atoms with Crippen LogP contribution >= 0.6 is 0 Å². The summed E-state index contributed by atoms with van der Waals surface area (Å²) in [7, 11) is 0. The van der Waals surface area contributed by atoms with Gasteiger partial charge in [-0.25, -0.2) is 0 Å². The molecule has 0 spiro atoms. The first-order valence-corrected chi connectivity index (χ1v) is 6.20. The molecule has 0 aromatic heterocycles. The second-order valence-electron chi connectivity index (χ2n) is 3.92. The molecule has 2 nitrogen and oxygen atoms in total. The Balaban J connectivity index is 2.04. The van der Waals surface area contributed by atoms with Crippen LogP contribution in [0, 0.1) is 0 Å². The van der Waals surface area contributed by atoms with Crippen molar-refractivity contribution < 1.29 is 4.74 Å². The average molecular weight is 221 g/mol. The van der Waals surface area contributed by atoms with Crippen LogP contribution in [0.3, 0.4) is 0 Å². The van der Waals surface area contributed by atoms with E-state index in [9.17, 15) is 0 Å². The number of hydrogen-bond acceptors (Lipinski definition) is 2. The largest absolute Gasteiger partial charge is 0.377 e. The van der Waals surface area contributed by atoms with Crippen molar-refractivity contribution in [2.75, 3.05) is 26.2 Å². The monoisotopic (exact) mass is 221 g/mol. The molecule has 0 atom stereocenters. The molecule has 1 aromatic carbocycles. The lowest BCUT2D eigenvalue weighted by Gasteiger charge is -2.17. The summed E-state index contributed by atoms with van der Waals surface area (Å²) in [6, 6.07) is 10.3. The van der Waals surface area contributed by atoms with Gasteiger partial charge in [0.2, 0.25) is 0 Å². The van der Waals surface area contributed by atoms with E-state index in [1.807, 2.05) is 6.07 Å². The van der Waals surface area contributed by atoms with Gasteiger partial charge in [-0.2, -0.15) is 0 Å². The molecule has 0 amide bonds. The number of hydrogen-bond donors (Lipinski definition) is 0. The molecule has 0 N–H and O–H groups in total. The van der Waals surface area contributed by atoms with E-state index in [0.717, 1.165) is 39.3 Å². The molecular weight excluding hydrogens is 198 g/mol. The molecular formula is C14H23NO. The second kappa shape index (κ2) is 8.31. The maximum atomic E-state index is 5.63. The number of rotatable bonds is 8. The molecule has 0 radical (unpaired) electrons. The van der Waals surface area contributed by atoms with Gasteiger partial charge in [-0.3, -0.25) is 0 Å². The zero-order chi connectivity index (χ0) is 11.6. The Morgan fingerprint density at radius 3 is 2.38 bits per heavy atom. The molecule has 90 valence electrons. The first kappa shape index (κ1) is 13.2. The molecule has 0 fully saturated rings. The highest BCUT2D eigenvalue weighted by Crippen LogP contribution is 2.01. The summed E-state index contributed by atoms with van der Waals surface area (Å²) in [6.45, 7) is 9.40. The standard InChI is InChI=1S/C14H23NO/c1-3-15(4-2)11-8-12-16-13-14-9-6-5-7-10-14/h5-7,9-10H,3-4,8,11-13H2,1-2H3. The Morgan fingerprint density at radius 2 is 1.75 bits per heavy atom. The molecule has 0 heterocycles. The van der Waals surface area contributed by atoms with E-state index in [1.54, 1.807) is 0 Å². The first-order chi connectivity index (χ1) is 7.86. The van der Waals surface area contributed by atoms with Crippen molar-refractivity contribution in [2.24, 2.45) is 0 Å². The molecule has 1 rings (SSSR count). The van der Waals surface area contributed by atoms with E-state index in [2.05, 4.69) is 43.0 Å². The molecule has 0 saturated heterocycles. The smallest absolute Gasteiger partial charge is 0.0716 e. The van der Waals surface area contributed by atoms with E-state index in [4.69, 9.17) is 4.74 Å². The fraction of sp³-hybridized carbons (Fsp3) is 0.571. The van der Waals surface area contributed by atoms with Gasteiger partial charge < -0.3 is 9.64 Å². The minimum Gasteiger partial charge on any atom is -0.377 e. The molecule has 2 heteroatoms. The highest BCUT2D eigenvalue weighted by Gasteiger charge is 1.98. The van der Waals surface area contributed by atoms with Gasteiger partial charge in [0.25, 0.3) is 0 Å². The normalized spacial score (nSPS) is 10.9. The molecule has 16 heavy (non-hydrogen) atoms. The third-order valence-corrected chi connectivity index (χ3v) is 2.77. The van der Waals surface area contributed by atoms with Gasteiger partial charge in [-0.05, 0) is 25.1 Å². The van der Waals surface area contributed by atoms with Crippen LogP contribution in [0.5, 0.6) is 0 Å². The zero-order valence-electron chi connectivity index (χ0n) is 10.5. The average Bonchev–Trinajstić information content (AvgIpc) is 2.35. The van der Waals surface area contributed by atoms with Crippen LogP contribution in [-0.4, -0.2) is 31.1 Å². The first-order valence-electron chi connectivity index (χ1n) is 6.20. The molecule has 0 aliphatic heterocycles. The Labute approximate surface area is 99.2 Å². The third-order valence-electron chi connectivity index (χ3n) is 2.77.